The van der Waals surface area contributed by atoms with Gasteiger partial charge in [-0.3, -0.25) is 4.79 Å². The molecule has 0 atom stereocenters. The number of nitrogens with zero attached hydrogens (tertiary/aromatic N) is 1. The Morgan fingerprint density at radius 2 is 2.17 bits per heavy atom. The van der Waals surface area contributed by atoms with Crippen molar-refractivity contribution in [1.82, 2.24) is 4.90 Å². The molecule has 4 nitrogen and oxygen atoms in total. The maximum Gasteiger partial charge on any atom is 0.234 e. The van der Waals surface area contributed by atoms with E-state index in [1.54, 1.807) is 25.3 Å². The van der Waals surface area contributed by atoms with Gasteiger partial charge in [0.2, 0.25) is 5.91 Å². The van der Waals surface area contributed by atoms with Crippen LogP contribution in [-0.4, -0.2) is 41.1 Å². The molecule has 0 bridgehead atoms. The highest BCUT2D eigenvalue weighted by Gasteiger charge is 2.19. The predicted molar refractivity (Wildman–Crippen MR) is 102 cm³/mol. The topological polar surface area (TPSA) is 41.6 Å². The van der Waals surface area contributed by atoms with Crippen molar-refractivity contribution in [2.75, 3.05) is 31.3 Å². The largest absolute Gasteiger partial charge is 0.495 e. The minimum absolute atomic E-state index is 0.122. The lowest BCUT2D eigenvalue weighted by atomic mass is 10.00. The molecule has 0 aromatic heterocycles. The van der Waals surface area contributed by atoms with Crippen LogP contribution in [0.2, 0.25) is 5.02 Å². The van der Waals surface area contributed by atoms with E-state index in [0.717, 1.165) is 36.2 Å². The maximum atomic E-state index is 12.1. The molecule has 1 aromatic carbocycles. The Labute approximate surface area is 151 Å². The number of halogens is 1. The van der Waals surface area contributed by atoms with E-state index in [4.69, 9.17) is 28.6 Å². The van der Waals surface area contributed by atoms with Crippen LogP contribution < -0.4 is 10.1 Å². The summed E-state index contributed by atoms with van der Waals surface area (Å²) in [4.78, 5) is 14.3. The summed E-state index contributed by atoms with van der Waals surface area (Å²) in [7, 11) is 1.56. The number of carbonyl (C=O) groups is 1. The number of thiocarbonyl (C=S) groups is 1. The van der Waals surface area contributed by atoms with Gasteiger partial charge in [-0.1, -0.05) is 42.5 Å². The molecule has 0 saturated carbocycles. The van der Waals surface area contributed by atoms with Gasteiger partial charge in [-0.05, 0) is 37.0 Å². The zero-order chi connectivity index (χ0) is 16.8. The quantitative estimate of drug-likeness (QED) is 0.808. The van der Waals surface area contributed by atoms with Crippen molar-refractivity contribution in [2.24, 2.45) is 5.92 Å². The first kappa shape index (κ1) is 18.4. The summed E-state index contributed by atoms with van der Waals surface area (Å²) in [6.07, 6.45) is 2.32. The molecule has 2 rings (SSSR count). The monoisotopic (exact) mass is 372 g/mol. The highest BCUT2D eigenvalue weighted by Crippen LogP contribution is 2.28. The number of benzene rings is 1. The number of carbonyl (C=O) groups excluding carboxylic acids is 1. The second-order valence-corrected chi connectivity index (χ2v) is 7.66. The van der Waals surface area contributed by atoms with E-state index in [0.29, 0.717) is 16.5 Å². The summed E-state index contributed by atoms with van der Waals surface area (Å²) < 4.78 is 6.01. The van der Waals surface area contributed by atoms with Crippen molar-refractivity contribution in [2.45, 2.75) is 19.8 Å². The molecule has 0 radical (unpaired) electrons. The highest BCUT2D eigenvalue weighted by atomic mass is 35.5. The molecule has 1 aromatic rings. The molecule has 0 unspecified atom stereocenters. The molecule has 1 fully saturated rings. The third kappa shape index (κ3) is 5.55. The van der Waals surface area contributed by atoms with Gasteiger partial charge in [0.15, 0.2) is 0 Å². The summed E-state index contributed by atoms with van der Waals surface area (Å²) in [6, 6.07) is 5.12. The smallest absolute Gasteiger partial charge is 0.234 e. The first-order valence-corrected chi connectivity index (χ1v) is 9.32. The average molecular weight is 373 g/mol. The van der Waals surface area contributed by atoms with Crippen LogP contribution in [0.25, 0.3) is 0 Å². The Hall–Kier alpha value is -0.980. The number of likely N-dealkylation sites (tertiary alicyclic amines) is 1. The van der Waals surface area contributed by atoms with Crippen molar-refractivity contribution in [3.8, 4) is 5.75 Å². The summed E-state index contributed by atoms with van der Waals surface area (Å²) in [5.74, 6) is 1.50. The van der Waals surface area contributed by atoms with Gasteiger partial charge in [0, 0.05) is 18.1 Å². The number of thioether (sulfide) groups is 1. The van der Waals surface area contributed by atoms with E-state index in [2.05, 4.69) is 17.1 Å². The normalized spacial score (nSPS) is 15.3. The minimum Gasteiger partial charge on any atom is -0.495 e. The number of hydrogen-bond donors (Lipinski definition) is 1. The molecule has 1 heterocycles. The van der Waals surface area contributed by atoms with E-state index in [-0.39, 0.29) is 11.7 Å². The van der Waals surface area contributed by atoms with Gasteiger partial charge in [-0.25, -0.2) is 0 Å². The van der Waals surface area contributed by atoms with Crippen LogP contribution in [-0.2, 0) is 4.79 Å². The molecule has 7 heteroatoms. The fraction of sp³-hybridized carbons (Fsp3) is 0.500. The number of nitrogens with one attached hydrogen (secondary N) is 1. The molecule has 1 aliphatic rings. The summed E-state index contributed by atoms with van der Waals surface area (Å²) in [5, 5.41) is 3.37. The number of hydrogen-bond acceptors (Lipinski definition) is 4. The molecule has 0 spiro atoms. The third-order valence-corrected chi connectivity index (χ3v) is 5.56. The lowest BCUT2D eigenvalue weighted by molar-refractivity contribution is -0.113. The van der Waals surface area contributed by atoms with Crippen LogP contribution in [0, 0.1) is 5.92 Å². The van der Waals surface area contributed by atoms with E-state index < -0.39 is 0 Å². The first-order chi connectivity index (χ1) is 11.0. The van der Waals surface area contributed by atoms with Gasteiger partial charge in [-0.2, -0.15) is 0 Å². The lowest BCUT2D eigenvalue weighted by Crippen LogP contribution is -2.36. The van der Waals surface area contributed by atoms with Gasteiger partial charge in [0.05, 0.1) is 18.6 Å². The first-order valence-electron chi connectivity index (χ1n) is 7.54. The van der Waals surface area contributed by atoms with Crippen LogP contribution in [0.4, 0.5) is 5.69 Å². The number of rotatable bonds is 4. The predicted octanol–water partition coefficient (Wildman–Crippen LogP) is 4.04. The van der Waals surface area contributed by atoms with Crippen molar-refractivity contribution >= 4 is 51.5 Å². The maximum absolute atomic E-state index is 12.1. The van der Waals surface area contributed by atoms with Crippen LogP contribution >= 0.6 is 35.6 Å². The molecule has 1 saturated heterocycles. The Balaban J connectivity index is 1.83. The molecule has 23 heavy (non-hydrogen) atoms. The van der Waals surface area contributed by atoms with E-state index in [1.807, 2.05) is 0 Å². The fourth-order valence-electron chi connectivity index (χ4n) is 2.37. The number of ether oxygens (including phenoxy) is 1. The highest BCUT2D eigenvalue weighted by molar-refractivity contribution is 8.23. The number of anilines is 1. The number of amides is 1. The average Bonchev–Trinajstić information content (AvgIpc) is 2.53. The Kier molecular flexibility index (Phi) is 6.99. The zero-order valence-electron chi connectivity index (χ0n) is 13.3. The number of methoxy groups -OCH3 is 1. The molecule has 1 N–H and O–H groups in total. The van der Waals surface area contributed by atoms with Gasteiger partial charge < -0.3 is 15.0 Å². The number of piperidine rings is 1. The van der Waals surface area contributed by atoms with Gasteiger partial charge in [0.25, 0.3) is 0 Å². The van der Waals surface area contributed by atoms with Crippen LogP contribution in [0.1, 0.15) is 19.8 Å². The van der Waals surface area contributed by atoms with Gasteiger partial charge >= 0.3 is 0 Å². The molecule has 0 aliphatic carbocycles. The van der Waals surface area contributed by atoms with Crippen LogP contribution in [0.15, 0.2) is 18.2 Å². The van der Waals surface area contributed by atoms with Crippen molar-refractivity contribution in [1.29, 1.82) is 0 Å². The molecule has 126 valence electrons. The van der Waals surface area contributed by atoms with E-state index in [9.17, 15) is 4.79 Å². The van der Waals surface area contributed by atoms with Crippen molar-refractivity contribution in [3.63, 3.8) is 0 Å². The Bertz CT molecular complexity index is 575. The third-order valence-electron chi connectivity index (χ3n) is 3.80. The van der Waals surface area contributed by atoms with E-state index >= 15 is 0 Å². The summed E-state index contributed by atoms with van der Waals surface area (Å²) in [6.45, 7) is 4.23. The summed E-state index contributed by atoms with van der Waals surface area (Å²) in [5.41, 5.74) is 0.573. The summed E-state index contributed by atoms with van der Waals surface area (Å²) >= 11 is 12.8. The standard InChI is InChI=1S/C16H21ClN2O2S2/c1-11-5-7-19(8-6-11)16(22)23-10-15(20)18-13-9-12(17)3-4-14(13)21-2/h3-4,9,11H,5-8,10H2,1-2H3,(H,18,20). The van der Waals surface area contributed by atoms with Gasteiger partial charge in [-0.15, -0.1) is 0 Å². The molecule has 1 aliphatic heterocycles. The lowest BCUT2D eigenvalue weighted by Gasteiger charge is -2.31. The fourth-order valence-corrected chi connectivity index (χ4v) is 3.60. The van der Waals surface area contributed by atoms with Crippen molar-refractivity contribution < 1.29 is 9.53 Å². The minimum atomic E-state index is -0.122. The zero-order valence-corrected chi connectivity index (χ0v) is 15.7. The van der Waals surface area contributed by atoms with E-state index in [1.165, 1.54) is 11.8 Å². The second kappa shape index (κ2) is 8.76. The van der Waals surface area contributed by atoms with Gasteiger partial charge in [0.1, 0.15) is 10.1 Å². The van der Waals surface area contributed by atoms with Crippen LogP contribution in [0.3, 0.4) is 0 Å². The van der Waals surface area contributed by atoms with Crippen LogP contribution in [0.5, 0.6) is 5.75 Å². The molecule has 1 amide bonds. The Morgan fingerprint density at radius 1 is 1.48 bits per heavy atom. The Morgan fingerprint density at radius 3 is 2.83 bits per heavy atom. The molecular formula is C16H21ClN2O2S2. The second-order valence-electron chi connectivity index (χ2n) is 5.62. The van der Waals surface area contributed by atoms with Crippen molar-refractivity contribution in [3.05, 3.63) is 23.2 Å². The molecular weight excluding hydrogens is 352 g/mol. The SMILES string of the molecule is COc1ccc(Cl)cc1NC(=O)CSC(=S)N1CCC(C)CC1.